The van der Waals surface area contributed by atoms with Gasteiger partial charge in [-0.2, -0.15) is 0 Å². The molecule has 0 amide bonds. The van der Waals surface area contributed by atoms with Crippen LogP contribution in [0.4, 0.5) is 0 Å². The highest BCUT2D eigenvalue weighted by Gasteiger charge is 2.49. The minimum atomic E-state index is -1.82. The Labute approximate surface area is 117 Å². The monoisotopic (exact) mass is 287 g/mol. The van der Waals surface area contributed by atoms with Gasteiger partial charge in [-0.25, -0.2) is 0 Å². The lowest BCUT2D eigenvalue weighted by Gasteiger charge is -2.45. The van der Waals surface area contributed by atoms with E-state index in [9.17, 15) is 10.2 Å². The van der Waals surface area contributed by atoms with E-state index in [0.29, 0.717) is 6.54 Å². The standard InChI is InChI=1S/C14H29NO3Si/c1-14(2,3)19(4,5)18-11-7-6-8-15-9-10(16)13(17)12(11)15/h10-13,16-17H,6-9H2,1-5H3/t10-,11-,12-,13-/m0/s1. The molecule has 0 aromatic carbocycles. The molecule has 0 bridgehead atoms. The van der Waals surface area contributed by atoms with Gasteiger partial charge in [0.15, 0.2) is 8.32 Å². The second kappa shape index (κ2) is 5.11. The molecule has 2 heterocycles. The Morgan fingerprint density at radius 2 is 1.84 bits per heavy atom. The van der Waals surface area contributed by atoms with Crippen LogP contribution in [0.5, 0.6) is 0 Å². The van der Waals surface area contributed by atoms with Crippen molar-refractivity contribution in [2.24, 2.45) is 0 Å². The molecule has 2 aliphatic heterocycles. The average Bonchev–Trinajstić information content (AvgIpc) is 2.54. The van der Waals surface area contributed by atoms with Gasteiger partial charge in [0.2, 0.25) is 0 Å². The SMILES string of the molecule is CC(C)(C)[Si](C)(C)O[C@H]1CCCN2C[C@H](O)[C@H](O)[C@H]12. The highest BCUT2D eigenvalue weighted by atomic mass is 28.4. The predicted octanol–water partition coefficient (Wildman–Crippen LogP) is 1.58. The molecule has 2 saturated heterocycles. The summed E-state index contributed by atoms with van der Waals surface area (Å²) in [5, 5.41) is 20.3. The molecule has 0 unspecified atom stereocenters. The van der Waals surface area contributed by atoms with Gasteiger partial charge in [0.25, 0.3) is 0 Å². The molecule has 2 aliphatic rings. The van der Waals surface area contributed by atoms with Gasteiger partial charge in [-0.05, 0) is 37.5 Å². The molecular weight excluding hydrogens is 258 g/mol. The van der Waals surface area contributed by atoms with Crippen LogP contribution in [0.1, 0.15) is 33.6 Å². The first-order valence-electron chi connectivity index (χ1n) is 7.41. The van der Waals surface area contributed by atoms with Crippen LogP contribution in [0.2, 0.25) is 18.1 Å². The molecule has 112 valence electrons. The van der Waals surface area contributed by atoms with Crippen molar-refractivity contribution < 1.29 is 14.6 Å². The van der Waals surface area contributed by atoms with Crippen LogP contribution in [-0.2, 0) is 4.43 Å². The van der Waals surface area contributed by atoms with Crippen molar-refractivity contribution in [2.75, 3.05) is 13.1 Å². The van der Waals surface area contributed by atoms with E-state index in [1.54, 1.807) is 0 Å². The second-order valence-corrected chi connectivity index (χ2v) is 12.4. The van der Waals surface area contributed by atoms with Gasteiger partial charge in [-0.1, -0.05) is 20.8 Å². The third kappa shape index (κ3) is 2.90. The van der Waals surface area contributed by atoms with E-state index in [2.05, 4.69) is 38.8 Å². The summed E-state index contributed by atoms with van der Waals surface area (Å²) in [7, 11) is -1.82. The van der Waals surface area contributed by atoms with Crippen LogP contribution in [0.25, 0.3) is 0 Å². The van der Waals surface area contributed by atoms with Crippen molar-refractivity contribution in [2.45, 2.75) is 76.1 Å². The first kappa shape index (κ1) is 15.4. The summed E-state index contributed by atoms with van der Waals surface area (Å²) in [5.41, 5.74) is 0. The fraction of sp³-hybridized carbons (Fsp3) is 1.00. The van der Waals surface area contributed by atoms with Crippen LogP contribution < -0.4 is 0 Å². The molecule has 0 aromatic rings. The van der Waals surface area contributed by atoms with Crippen molar-refractivity contribution in [1.82, 2.24) is 4.90 Å². The highest BCUT2D eigenvalue weighted by Crippen LogP contribution is 2.40. The number of fused-ring (bicyclic) bond motifs is 1. The zero-order valence-electron chi connectivity index (χ0n) is 12.9. The highest BCUT2D eigenvalue weighted by molar-refractivity contribution is 6.74. The van der Waals surface area contributed by atoms with Crippen LogP contribution in [0.15, 0.2) is 0 Å². The summed E-state index contributed by atoms with van der Waals surface area (Å²) in [6.07, 6.45) is 0.887. The molecule has 0 saturated carbocycles. The molecule has 0 radical (unpaired) electrons. The number of hydrogen-bond acceptors (Lipinski definition) is 4. The molecule has 4 nitrogen and oxygen atoms in total. The fourth-order valence-corrected chi connectivity index (χ4v) is 4.33. The lowest BCUT2D eigenvalue weighted by atomic mass is 9.97. The van der Waals surface area contributed by atoms with Gasteiger partial charge in [-0.15, -0.1) is 0 Å². The smallest absolute Gasteiger partial charge is 0.192 e. The van der Waals surface area contributed by atoms with Crippen molar-refractivity contribution in [1.29, 1.82) is 0 Å². The van der Waals surface area contributed by atoms with Gasteiger partial charge in [-0.3, -0.25) is 4.90 Å². The quantitative estimate of drug-likeness (QED) is 0.757. The molecule has 0 spiro atoms. The van der Waals surface area contributed by atoms with Gasteiger partial charge < -0.3 is 14.6 Å². The van der Waals surface area contributed by atoms with E-state index in [-0.39, 0.29) is 17.2 Å². The van der Waals surface area contributed by atoms with Gasteiger partial charge >= 0.3 is 0 Å². The Bertz CT molecular complexity index is 329. The minimum Gasteiger partial charge on any atom is -0.412 e. The molecule has 2 rings (SSSR count). The van der Waals surface area contributed by atoms with E-state index < -0.39 is 20.5 Å². The fourth-order valence-electron chi connectivity index (χ4n) is 2.96. The lowest BCUT2D eigenvalue weighted by molar-refractivity contribution is -0.0228. The van der Waals surface area contributed by atoms with E-state index in [1.165, 1.54) is 0 Å². The molecule has 2 fully saturated rings. The van der Waals surface area contributed by atoms with Crippen molar-refractivity contribution >= 4 is 8.32 Å². The summed E-state index contributed by atoms with van der Waals surface area (Å²) in [6, 6.07) is -0.0159. The third-order valence-electron chi connectivity index (χ3n) is 5.15. The Morgan fingerprint density at radius 3 is 2.42 bits per heavy atom. The van der Waals surface area contributed by atoms with Crippen LogP contribution in [0.3, 0.4) is 0 Å². The normalized spacial score (nSPS) is 37.4. The largest absolute Gasteiger partial charge is 0.412 e. The molecule has 4 atom stereocenters. The van der Waals surface area contributed by atoms with E-state index in [1.807, 2.05) is 0 Å². The van der Waals surface area contributed by atoms with Gasteiger partial charge in [0.05, 0.1) is 24.4 Å². The number of piperidine rings is 1. The van der Waals surface area contributed by atoms with E-state index in [0.717, 1.165) is 19.4 Å². The first-order chi connectivity index (χ1) is 8.63. The van der Waals surface area contributed by atoms with Gasteiger partial charge in [0, 0.05) is 6.54 Å². The van der Waals surface area contributed by atoms with Crippen molar-refractivity contribution in [3.05, 3.63) is 0 Å². The number of hydrogen-bond donors (Lipinski definition) is 2. The summed E-state index contributed by atoms with van der Waals surface area (Å²) in [5.74, 6) is 0. The molecule has 5 heteroatoms. The molecule has 0 aromatic heterocycles. The number of aliphatic hydroxyl groups is 2. The number of nitrogens with zero attached hydrogens (tertiary/aromatic N) is 1. The Balaban J connectivity index is 2.12. The Kier molecular flexibility index (Phi) is 4.16. The Hall–Kier alpha value is 0.0569. The average molecular weight is 287 g/mol. The molecule has 2 N–H and O–H groups in total. The molecule has 19 heavy (non-hydrogen) atoms. The van der Waals surface area contributed by atoms with Crippen LogP contribution in [-0.4, -0.2) is 60.9 Å². The van der Waals surface area contributed by atoms with Crippen molar-refractivity contribution in [3.63, 3.8) is 0 Å². The zero-order valence-corrected chi connectivity index (χ0v) is 13.9. The number of aliphatic hydroxyl groups excluding tert-OH is 2. The van der Waals surface area contributed by atoms with Crippen molar-refractivity contribution in [3.8, 4) is 0 Å². The summed E-state index contributed by atoms with van der Waals surface area (Å²) in [4.78, 5) is 2.20. The minimum absolute atomic E-state index is 0.0159. The molecule has 0 aliphatic carbocycles. The predicted molar refractivity (Wildman–Crippen MR) is 78.7 cm³/mol. The van der Waals surface area contributed by atoms with E-state index in [4.69, 9.17) is 4.43 Å². The maximum Gasteiger partial charge on any atom is 0.192 e. The summed E-state index contributed by atoms with van der Waals surface area (Å²) in [6.45, 7) is 12.8. The van der Waals surface area contributed by atoms with Crippen LogP contribution in [0, 0.1) is 0 Å². The summed E-state index contributed by atoms with van der Waals surface area (Å²) < 4.78 is 6.50. The molecular formula is C14H29NO3Si. The van der Waals surface area contributed by atoms with Gasteiger partial charge in [0.1, 0.15) is 0 Å². The summed E-state index contributed by atoms with van der Waals surface area (Å²) >= 11 is 0. The van der Waals surface area contributed by atoms with E-state index >= 15 is 0 Å². The second-order valence-electron chi connectivity index (χ2n) is 7.60. The first-order valence-corrected chi connectivity index (χ1v) is 10.3. The lowest BCUT2D eigenvalue weighted by Crippen LogP contribution is -2.55. The maximum absolute atomic E-state index is 10.2. The Morgan fingerprint density at radius 1 is 1.21 bits per heavy atom. The third-order valence-corrected chi connectivity index (χ3v) is 9.66. The maximum atomic E-state index is 10.2. The van der Waals surface area contributed by atoms with Crippen LogP contribution >= 0.6 is 0 Å². The topological polar surface area (TPSA) is 52.9 Å². The zero-order chi connectivity index (χ0) is 14.4. The number of rotatable bonds is 2.